The quantitative estimate of drug-likeness (QED) is 0.702. The Balaban J connectivity index is 1.65. The van der Waals surface area contributed by atoms with E-state index in [1.165, 1.54) is 0 Å². The van der Waals surface area contributed by atoms with E-state index in [0.29, 0.717) is 0 Å². The van der Waals surface area contributed by atoms with E-state index in [1.54, 1.807) is 6.08 Å². The summed E-state index contributed by atoms with van der Waals surface area (Å²) in [6.45, 7) is 11.3. The molecule has 26 heavy (non-hydrogen) atoms. The molecule has 134 valence electrons. The molecule has 2 aromatic heterocycles. The topological polar surface area (TPSA) is 36.7 Å². The number of fused-ring (bicyclic) bond motifs is 1. The van der Waals surface area contributed by atoms with E-state index in [9.17, 15) is 0 Å². The normalized spacial score (nSPS) is 15.5. The number of nitrogens with zero attached hydrogens (tertiary/aromatic N) is 5. The minimum absolute atomic E-state index is 0.766. The van der Waals surface area contributed by atoms with Crippen molar-refractivity contribution < 1.29 is 0 Å². The minimum atomic E-state index is 0.766. The molecule has 1 fully saturated rings. The summed E-state index contributed by atoms with van der Waals surface area (Å²) < 4.78 is 1.84. The number of halogens is 1. The van der Waals surface area contributed by atoms with Gasteiger partial charge in [0.05, 0.1) is 28.3 Å². The summed E-state index contributed by atoms with van der Waals surface area (Å²) in [6.07, 6.45) is 3.57. The largest absolute Gasteiger partial charge is 0.368 e. The molecule has 1 aliphatic rings. The van der Waals surface area contributed by atoms with Crippen LogP contribution in [0.5, 0.6) is 0 Å². The number of imidazole rings is 1. The highest BCUT2D eigenvalue weighted by Gasteiger charge is 2.18. The van der Waals surface area contributed by atoms with Crippen LogP contribution < -0.4 is 4.90 Å². The molecule has 0 aliphatic carbocycles. The van der Waals surface area contributed by atoms with Crippen molar-refractivity contribution in [2.75, 3.05) is 37.6 Å². The Morgan fingerprint density at radius 1 is 1.15 bits per heavy atom. The van der Waals surface area contributed by atoms with E-state index in [0.717, 1.165) is 66.0 Å². The molecule has 6 heteroatoms. The number of rotatable bonds is 4. The van der Waals surface area contributed by atoms with Crippen LogP contribution in [0.2, 0.25) is 5.02 Å². The third-order valence-corrected chi connectivity index (χ3v) is 5.30. The molecule has 0 amide bonds. The van der Waals surface area contributed by atoms with E-state index in [2.05, 4.69) is 45.5 Å². The highest BCUT2D eigenvalue weighted by Crippen LogP contribution is 2.32. The van der Waals surface area contributed by atoms with Gasteiger partial charge in [-0.25, -0.2) is 9.50 Å². The average Bonchev–Trinajstić information content (AvgIpc) is 3.11. The van der Waals surface area contributed by atoms with Gasteiger partial charge in [-0.1, -0.05) is 31.2 Å². The first-order valence-corrected chi connectivity index (χ1v) is 9.32. The number of aromatic nitrogens is 3. The SMILES string of the molecule is C=Cc1ccc2ncc(-c3ccc(N4CCN(CC)CC4)c(Cl)c3)n2n1. The van der Waals surface area contributed by atoms with Crippen molar-refractivity contribution in [1.82, 2.24) is 19.5 Å². The molecular weight excluding hydrogens is 346 g/mol. The molecule has 5 nitrogen and oxygen atoms in total. The van der Waals surface area contributed by atoms with Crippen molar-refractivity contribution >= 4 is 29.0 Å². The number of likely N-dealkylation sites (N-methyl/N-ethyl adjacent to an activating group) is 1. The molecule has 0 bridgehead atoms. The van der Waals surface area contributed by atoms with Gasteiger partial charge in [0.25, 0.3) is 0 Å². The molecule has 4 rings (SSSR count). The lowest BCUT2D eigenvalue weighted by Crippen LogP contribution is -2.46. The lowest BCUT2D eigenvalue weighted by Gasteiger charge is -2.36. The Hall–Kier alpha value is -2.37. The first-order valence-electron chi connectivity index (χ1n) is 8.94. The second-order valence-corrected chi connectivity index (χ2v) is 6.87. The predicted octanol–water partition coefficient (Wildman–Crippen LogP) is 3.83. The Labute approximate surface area is 158 Å². The number of hydrogen-bond donors (Lipinski definition) is 0. The van der Waals surface area contributed by atoms with Crippen molar-refractivity contribution in [3.63, 3.8) is 0 Å². The maximum absolute atomic E-state index is 6.64. The lowest BCUT2D eigenvalue weighted by molar-refractivity contribution is 0.271. The number of benzene rings is 1. The Morgan fingerprint density at radius 3 is 2.65 bits per heavy atom. The van der Waals surface area contributed by atoms with Crippen LogP contribution >= 0.6 is 11.6 Å². The van der Waals surface area contributed by atoms with Gasteiger partial charge in [-0.05, 0) is 36.9 Å². The summed E-state index contributed by atoms with van der Waals surface area (Å²) in [6, 6.07) is 10.1. The second kappa shape index (κ2) is 7.09. The average molecular weight is 368 g/mol. The number of anilines is 1. The van der Waals surface area contributed by atoms with Crippen molar-refractivity contribution in [3.05, 3.63) is 53.8 Å². The summed E-state index contributed by atoms with van der Waals surface area (Å²) in [7, 11) is 0. The zero-order valence-corrected chi connectivity index (χ0v) is 15.7. The fourth-order valence-electron chi connectivity index (χ4n) is 3.42. The third kappa shape index (κ3) is 3.08. The van der Waals surface area contributed by atoms with Crippen LogP contribution in [0.3, 0.4) is 0 Å². The number of piperazine rings is 1. The van der Waals surface area contributed by atoms with Gasteiger partial charge in [-0.3, -0.25) is 0 Å². The maximum atomic E-state index is 6.64. The molecule has 0 radical (unpaired) electrons. The Kier molecular flexibility index (Phi) is 4.66. The van der Waals surface area contributed by atoms with Crippen molar-refractivity contribution in [1.29, 1.82) is 0 Å². The Bertz CT molecular complexity index is 941. The highest BCUT2D eigenvalue weighted by molar-refractivity contribution is 6.33. The van der Waals surface area contributed by atoms with Gasteiger partial charge in [0, 0.05) is 31.7 Å². The van der Waals surface area contributed by atoms with Gasteiger partial charge in [0.1, 0.15) is 0 Å². The van der Waals surface area contributed by atoms with E-state index in [-0.39, 0.29) is 0 Å². The molecule has 0 saturated carbocycles. The maximum Gasteiger partial charge on any atom is 0.154 e. The van der Waals surface area contributed by atoms with E-state index in [4.69, 9.17) is 11.6 Å². The van der Waals surface area contributed by atoms with Crippen LogP contribution in [0.25, 0.3) is 23.0 Å². The molecule has 3 aromatic rings. The van der Waals surface area contributed by atoms with Crippen LogP contribution in [-0.2, 0) is 0 Å². The van der Waals surface area contributed by atoms with Crippen LogP contribution in [-0.4, -0.2) is 52.2 Å². The standard InChI is InChI=1S/C20H22ClN5/c1-3-16-6-8-20-22-14-19(26(20)23-16)15-5-7-18(17(21)13-15)25-11-9-24(4-2)10-12-25/h3,5-8,13-14H,1,4,9-12H2,2H3. The van der Waals surface area contributed by atoms with Crippen molar-refractivity contribution in [3.8, 4) is 11.3 Å². The smallest absolute Gasteiger partial charge is 0.154 e. The van der Waals surface area contributed by atoms with Crippen LogP contribution in [0.4, 0.5) is 5.69 Å². The zero-order chi connectivity index (χ0) is 18.1. The van der Waals surface area contributed by atoms with Gasteiger partial charge >= 0.3 is 0 Å². The minimum Gasteiger partial charge on any atom is -0.368 e. The lowest BCUT2D eigenvalue weighted by atomic mass is 10.1. The van der Waals surface area contributed by atoms with Crippen LogP contribution in [0, 0.1) is 0 Å². The molecule has 1 aliphatic heterocycles. The van der Waals surface area contributed by atoms with Gasteiger partial charge in [-0.2, -0.15) is 5.10 Å². The molecule has 3 heterocycles. The van der Waals surface area contributed by atoms with Gasteiger partial charge in [0.2, 0.25) is 0 Å². The van der Waals surface area contributed by atoms with E-state index in [1.807, 2.05) is 28.9 Å². The molecule has 0 spiro atoms. The highest BCUT2D eigenvalue weighted by atomic mass is 35.5. The van der Waals surface area contributed by atoms with Crippen molar-refractivity contribution in [2.45, 2.75) is 6.92 Å². The molecule has 1 aromatic carbocycles. The van der Waals surface area contributed by atoms with Crippen LogP contribution in [0.15, 0.2) is 43.1 Å². The molecule has 0 N–H and O–H groups in total. The van der Waals surface area contributed by atoms with Gasteiger partial charge in [-0.15, -0.1) is 0 Å². The summed E-state index contributed by atoms with van der Waals surface area (Å²) in [5, 5.41) is 5.33. The summed E-state index contributed by atoms with van der Waals surface area (Å²) in [5.74, 6) is 0. The molecule has 1 saturated heterocycles. The van der Waals surface area contributed by atoms with Crippen LogP contribution in [0.1, 0.15) is 12.6 Å². The third-order valence-electron chi connectivity index (χ3n) is 5.00. The fraction of sp³-hybridized carbons (Fsp3) is 0.300. The first kappa shape index (κ1) is 17.1. The molecule has 0 unspecified atom stereocenters. The first-order chi connectivity index (χ1) is 12.7. The van der Waals surface area contributed by atoms with Gasteiger partial charge in [0.15, 0.2) is 5.65 Å². The Morgan fingerprint density at radius 2 is 1.96 bits per heavy atom. The van der Waals surface area contributed by atoms with Crippen molar-refractivity contribution in [2.24, 2.45) is 0 Å². The van der Waals surface area contributed by atoms with E-state index < -0.39 is 0 Å². The summed E-state index contributed by atoms with van der Waals surface area (Å²) in [5.41, 5.74) is 4.65. The summed E-state index contributed by atoms with van der Waals surface area (Å²) >= 11 is 6.64. The predicted molar refractivity (Wildman–Crippen MR) is 108 cm³/mol. The molecule has 0 atom stereocenters. The van der Waals surface area contributed by atoms with Gasteiger partial charge < -0.3 is 9.80 Å². The fourth-order valence-corrected chi connectivity index (χ4v) is 3.72. The molecular formula is C20H22ClN5. The zero-order valence-electron chi connectivity index (χ0n) is 14.9. The second-order valence-electron chi connectivity index (χ2n) is 6.46. The monoisotopic (exact) mass is 367 g/mol. The summed E-state index contributed by atoms with van der Waals surface area (Å²) in [4.78, 5) is 9.26. The number of hydrogen-bond acceptors (Lipinski definition) is 4. The van der Waals surface area contributed by atoms with E-state index >= 15 is 0 Å².